The van der Waals surface area contributed by atoms with Crippen LogP contribution in [-0.4, -0.2) is 12.6 Å². The average molecular weight is 138 g/mol. The van der Waals surface area contributed by atoms with E-state index in [1.165, 1.54) is 0 Å². The van der Waals surface area contributed by atoms with Gasteiger partial charge < -0.3 is 4.74 Å². The summed E-state index contributed by atoms with van der Waals surface area (Å²) in [5.41, 5.74) is 0. The molecule has 1 radical (unpaired) electrons. The molecule has 0 atom stereocenters. The predicted octanol–water partition coefficient (Wildman–Crippen LogP) is 0.381. The second kappa shape index (κ2) is 5.92. The SMILES string of the molecule is [CH2-]C(=O)OCC.[V+2]. The van der Waals surface area contributed by atoms with Gasteiger partial charge in [-0.05, 0) is 6.92 Å². The van der Waals surface area contributed by atoms with Crippen LogP contribution in [0.3, 0.4) is 0 Å². The second-order valence-corrected chi connectivity index (χ2v) is 0.805. The topological polar surface area (TPSA) is 26.3 Å². The first kappa shape index (κ1) is 10.0. The molecule has 0 rings (SSSR count). The third-order valence-corrected chi connectivity index (χ3v) is 0.305. The van der Waals surface area contributed by atoms with E-state index in [-0.39, 0.29) is 18.6 Å². The van der Waals surface area contributed by atoms with Crippen LogP contribution in [0.15, 0.2) is 0 Å². The van der Waals surface area contributed by atoms with Gasteiger partial charge in [0, 0.05) is 0 Å². The number of rotatable bonds is 1. The van der Waals surface area contributed by atoms with Crippen molar-refractivity contribution in [3.63, 3.8) is 0 Å². The van der Waals surface area contributed by atoms with Crippen LogP contribution < -0.4 is 0 Å². The van der Waals surface area contributed by atoms with Crippen molar-refractivity contribution in [1.29, 1.82) is 0 Å². The van der Waals surface area contributed by atoms with Gasteiger partial charge in [0.2, 0.25) is 0 Å². The fourth-order valence-corrected chi connectivity index (χ4v) is 0.161. The van der Waals surface area contributed by atoms with Gasteiger partial charge in [0.05, 0.1) is 6.61 Å². The Kier molecular flexibility index (Phi) is 8.48. The monoisotopic (exact) mass is 138 g/mol. The van der Waals surface area contributed by atoms with Gasteiger partial charge in [-0.25, -0.2) is 0 Å². The molecule has 0 unspecified atom stereocenters. The molecular formula is C4H7O2V+. The summed E-state index contributed by atoms with van der Waals surface area (Å²) in [7, 11) is 0. The normalized spacial score (nSPS) is 6.43. The molecule has 7 heavy (non-hydrogen) atoms. The minimum Gasteiger partial charge on any atom is -0.489 e. The molecule has 0 bridgehead atoms. The van der Waals surface area contributed by atoms with E-state index in [2.05, 4.69) is 11.7 Å². The minimum atomic E-state index is -0.461. The van der Waals surface area contributed by atoms with Gasteiger partial charge in [-0.15, -0.1) is 0 Å². The fourth-order valence-electron chi connectivity index (χ4n) is 0.161. The molecule has 0 aromatic carbocycles. The van der Waals surface area contributed by atoms with Crippen molar-refractivity contribution in [3.8, 4) is 0 Å². The van der Waals surface area contributed by atoms with Crippen molar-refractivity contribution in [2.75, 3.05) is 6.61 Å². The van der Waals surface area contributed by atoms with Crippen molar-refractivity contribution in [3.05, 3.63) is 6.92 Å². The fraction of sp³-hybridized carbons (Fsp3) is 0.500. The van der Waals surface area contributed by atoms with E-state index < -0.39 is 5.97 Å². The Morgan fingerprint density at radius 2 is 2.29 bits per heavy atom. The molecule has 0 aromatic heterocycles. The molecule has 3 heteroatoms. The second-order valence-electron chi connectivity index (χ2n) is 0.805. The Morgan fingerprint density at radius 1 is 1.86 bits per heavy atom. The molecule has 0 amide bonds. The number of hydrogen-bond donors (Lipinski definition) is 0. The molecule has 0 spiro atoms. The van der Waals surface area contributed by atoms with Gasteiger partial charge in [-0.2, -0.15) is 0 Å². The summed E-state index contributed by atoms with van der Waals surface area (Å²) >= 11 is 0. The van der Waals surface area contributed by atoms with E-state index in [1.807, 2.05) is 0 Å². The summed E-state index contributed by atoms with van der Waals surface area (Å²) in [6.45, 7) is 5.13. The molecule has 0 fully saturated rings. The minimum absolute atomic E-state index is 0. The molecular weight excluding hydrogens is 131 g/mol. The van der Waals surface area contributed by atoms with Gasteiger partial charge in [0.15, 0.2) is 5.97 Å². The molecule has 0 aromatic rings. The number of ether oxygens (including phenoxy) is 1. The third kappa shape index (κ3) is 10.7. The first-order valence-corrected chi connectivity index (χ1v) is 1.76. The first-order valence-electron chi connectivity index (χ1n) is 1.76. The summed E-state index contributed by atoms with van der Waals surface area (Å²) < 4.78 is 4.29. The van der Waals surface area contributed by atoms with Crippen molar-refractivity contribution >= 4 is 5.97 Å². The van der Waals surface area contributed by atoms with Crippen LogP contribution in [0, 0.1) is 6.92 Å². The van der Waals surface area contributed by atoms with Gasteiger partial charge in [-0.1, -0.05) is 0 Å². The molecule has 0 aliphatic heterocycles. The van der Waals surface area contributed by atoms with E-state index in [1.54, 1.807) is 6.92 Å². The van der Waals surface area contributed by atoms with Gasteiger partial charge in [0.1, 0.15) is 0 Å². The summed E-state index contributed by atoms with van der Waals surface area (Å²) in [5.74, 6) is -0.461. The number of esters is 1. The summed E-state index contributed by atoms with van der Waals surface area (Å²) in [6, 6.07) is 0. The van der Waals surface area contributed by atoms with E-state index in [0.29, 0.717) is 6.61 Å². The standard InChI is InChI=1S/C4H7O2.V/c1-3-6-4(2)5;/h2-3H2,1H3;/q-1;+2. The zero-order valence-corrected chi connectivity index (χ0v) is 5.57. The predicted molar refractivity (Wildman–Crippen MR) is 22.0 cm³/mol. The Morgan fingerprint density at radius 3 is 2.29 bits per heavy atom. The first-order chi connectivity index (χ1) is 2.77. The smallest absolute Gasteiger partial charge is 0.489 e. The van der Waals surface area contributed by atoms with E-state index >= 15 is 0 Å². The van der Waals surface area contributed by atoms with E-state index in [4.69, 9.17) is 0 Å². The Balaban J connectivity index is 0. The van der Waals surface area contributed by atoms with Crippen LogP contribution in [0.1, 0.15) is 6.92 Å². The zero-order chi connectivity index (χ0) is 4.99. The van der Waals surface area contributed by atoms with Crippen LogP contribution in [0.5, 0.6) is 0 Å². The molecule has 0 saturated heterocycles. The Hall–Kier alpha value is -0.0756. The Bertz CT molecular complexity index is 53.7. The third-order valence-electron chi connectivity index (χ3n) is 0.305. The summed E-state index contributed by atoms with van der Waals surface area (Å²) in [4.78, 5) is 9.71. The zero-order valence-electron chi connectivity index (χ0n) is 4.18. The van der Waals surface area contributed by atoms with Gasteiger partial charge >= 0.3 is 18.6 Å². The van der Waals surface area contributed by atoms with Crippen LogP contribution >= 0.6 is 0 Å². The largest absolute Gasteiger partial charge is 2.00 e. The summed E-state index contributed by atoms with van der Waals surface area (Å²) in [5, 5.41) is 0. The molecule has 0 aliphatic rings. The number of hydrogen-bond acceptors (Lipinski definition) is 2. The number of carbonyl (C=O) groups is 1. The molecule has 0 N–H and O–H groups in total. The van der Waals surface area contributed by atoms with Gasteiger partial charge in [-0.3, -0.25) is 11.7 Å². The maximum atomic E-state index is 9.71. The van der Waals surface area contributed by atoms with Crippen LogP contribution in [0.4, 0.5) is 0 Å². The van der Waals surface area contributed by atoms with Crippen LogP contribution in [-0.2, 0) is 28.1 Å². The van der Waals surface area contributed by atoms with E-state index in [9.17, 15) is 4.79 Å². The van der Waals surface area contributed by atoms with Gasteiger partial charge in [0.25, 0.3) is 0 Å². The van der Waals surface area contributed by atoms with Crippen molar-refractivity contribution in [2.24, 2.45) is 0 Å². The van der Waals surface area contributed by atoms with Crippen molar-refractivity contribution in [1.82, 2.24) is 0 Å². The maximum Gasteiger partial charge on any atom is 2.00 e. The van der Waals surface area contributed by atoms with Crippen molar-refractivity contribution < 1.29 is 28.1 Å². The van der Waals surface area contributed by atoms with Crippen molar-refractivity contribution in [2.45, 2.75) is 6.92 Å². The molecule has 2 nitrogen and oxygen atoms in total. The van der Waals surface area contributed by atoms with Crippen LogP contribution in [0.25, 0.3) is 0 Å². The maximum absolute atomic E-state index is 9.71. The molecule has 39 valence electrons. The summed E-state index contributed by atoms with van der Waals surface area (Å²) in [6.07, 6.45) is 0. The Labute approximate surface area is 55.1 Å². The van der Waals surface area contributed by atoms with Crippen LogP contribution in [0.2, 0.25) is 0 Å². The molecule has 0 aliphatic carbocycles. The molecule has 0 heterocycles. The number of carbonyl (C=O) groups excluding carboxylic acids is 1. The van der Waals surface area contributed by atoms with E-state index in [0.717, 1.165) is 0 Å². The average Bonchev–Trinajstić information content (AvgIpc) is 1.35. The quantitative estimate of drug-likeness (QED) is 0.386. The molecule has 0 saturated carbocycles.